The fourth-order valence-electron chi connectivity index (χ4n) is 5.39. The van der Waals surface area contributed by atoms with Gasteiger partial charge in [0.15, 0.2) is 0 Å². The standard InChI is InChI=1S/C21H27N3O/c22-18-11-20(12-18)13-21(23,14-20)17-3-1-16-10-19(4-2-15(16)9-17)24-5-7-25-8-6-24/h1-4,9-10,18H,5-8,11-14,22-23H2. The summed E-state index contributed by atoms with van der Waals surface area (Å²) in [7, 11) is 0. The molecule has 3 fully saturated rings. The van der Waals surface area contributed by atoms with Gasteiger partial charge in [-0.25, -0.2) is 0 Å². The van der Waals surface area contributed by atoms with Crippen molar-refractivity contribution in [2.24, 2.45) is 16.9 Å². The Kier molecular flexibility index (Phi) is 3.40. The molecule has 2 aromatic carbocycles. The van der Waals surface area contributed by atoms with Crippen LogP contribution in [0.4, 0.5) is 5.69 Å². The van der Waals surface area contributed by atoms with Crippen molar-refractivity contribution in [3.63, 3.8) is 0 Å². The highest BCUT2D eigenvalue weighted by atomic mass is 16.5. The first kappa shape index (κ1) is 15.6. The molecule has 0 amide bonds. The summed E-state index contributed by atoms with van der Waals surface area (Å²) >= 11 is 0. The lowest BCUT2D eigenvalue weighted by molar-refractivity contribution is -0.0589. The van der Waals surface area contributed by atoms with E-state index in [-0.39, 0.29) is 5.54 Å². The minimum Gasteiger partial charge on any atom is -0.378 e. The summed E-state index contributed by atoms with van der Waals surface area (Å²) in [6.45, 7) is 3.58. The zero-order valence-corrected chi connectivity index (χ0v) is 14.7. The van der Waals surface area contributed by atoms with E-state index < -0.39 is 0 Å². The summed E-state index contributed by atoms with van der Waals surface area (Å²) in [6.07, 6.45) is 4.49. The third-order valence-corrected chi connectivity index (χ3v) is 6.55. The molecule has 132 valence electrons. The lowest BCUT2D eigenvalue weighted by atomic mass is 9.46. The van der Waals surface area contributed by atoms with Gasteiger partial charge in [-0.15, -0.1) is 0 Å². The van der Waals surface area contributed by atoms with E-state index >= 15 is 0 Å². The molecule has 4 N–H and O–H groups in total. The summed E-state index contributed by atoms with van der Waals surface area (Å²) in [4.78, 5) is 2.40. The van der Waals surface area contributed by atoms with Crippen molar-refractivity contribution in [3.05, 3.63) is 42.0 Å². The molecule has 2 saturated carbocycles. The van der Waals surface area contributed by atoms with E-state index in [4.69, 9.17) is 16.2 Å². The van der Waals surface area contributed by atoms with Crippen LogP contribution in [0.5, 0.6) is 0 Å². The van der Waals surface area contributed by atoms with E-state index in [0.717, 1.165) is 52.0 Å². The normalized spacial score (nSPS) is 34.8. The molecule has 1 spiro atoms. The molecule has 0 atom stereocenters. The molecular weight excluding hydrogens is 310 g/mol. The van der Waals surface area contributed by atoms with Crippen LogP contribution in [-0.4, -0.2) is 32.3 Å². The highest BCUT2D eigenvalue weighted by Gasteiger charge is 2.58. The summed E-state index contributed by atoms with van der Waals surface area (Å²) in [5.74, 6) is 0. The molecule has 5 rings (SSSR count). The third-order valence-electron chi connectivity index (χ3n) is 6.55. The van der Waals surface area contributed by atoms with Gasteiger partial charge in [-0.1, -0.05) is 18.2 Å². The molecule has 0 aromatic heterocycles. The second-order valence-electron chi connectivity index (χ2n) is 8.52. The monoisotopic (exact) mass is 337 g/mol. The van der Waals surface area contributed by atoms with Crippen LogP contribution in [0.3, 0.4) is 0 Å². The smallest absolute Gasteiger partial charge is 0.0642 e. The fraction of sp³-hybridized carbons (Fsp3) is 0.524. The molecule has 0 radical (unpaired) electrons. The Morgan fingerprint density at radius 2 is 1.64 bits per heavy atom. The number of nitrogens with zero attached hydrogens (tertiary/aromatic N) is 1. The van der Waals surface area contributed by atoms with Crippen molar-refractivity contribution < 1.29 is 4.74 Å². The van der Waals surface area contributed by atoms with Crippen molar-refractivity contribution in [1.82, 2.24) is 0 Å². The van der Waals surface area contributed by atoms with Gasteiger partial charge in [0.2, 0.25) is 0 Å². The third kappa shape index (κ3) is 2.55. The average Bonchev–Trinajstić information content (AvgIpc) is 2.59. The highest BCUT2D eigenvalue weighted by Crippen LogP contribution is 2.62. The van der Waals surface area contributed by atoms with E-state index in [9.17, 15) is 0 Å². The van der Waals surface area contributed by atoms with Crippen LogP contribution in [0.25, 0.3) is 10.8 Å². The van der Waals surface area contributed by atoms with Crippen LogP contribution in [0.1, 0.15) is 31.2 Å². The number of benzene rings is 2. The predicted octanol–water partition coefficient (Wildman–Crippen LogP) is 2.73. The summed E-state index contributed by atoms with van der Waals surface area (Å²) in [5, 5.41) is 2.57. The lowest BCUT2D eigenvalue weighted by Crippen LogP contribution is -2.63. The Morgan fingerprint density at radius 1 is 0.960 bits per heavy atom. The largest absolute Gasteiger partial charge is 0.378 e. The Bertz CT molecular complexity index is 798. The van der Waals surface area contributed by atoms with Gasteiger partial charge < -0.3 is 21.1 Å². The summed E-state index contributed by atoms with van der Waals surface area (Å²) in [6, 6.07) is 13.9. The highest BCUT2D eigenvalue weighted by molar-refractivity contribution is 5.86. The van der Waals surface area contributed by atoms with Crippen LogP contribution in [0, 0.1) is 5.41 Å². The first-order valence-corrected chi connectivity index (χ1v) is 9.47. The second kappa shape index (κ2) is 5.44. The van der Waals surface area contributed by atoms with Crippen LogP contribution in [-0.2, 0) is 10.3 Å². The minimum absolute atomic E-state index is 0.156. The molecule has 25 heavy (non-hydrogen) atoms. The Hall–Kier alpha value is -1.62. The van der Waals surface area contributed by atoms with E-state index in [2.05, 4.69) is 41.3 Å². The number of fused-ring (bicyclic) bond motifs is 1. The van der Waals surface area contributed by atoms with Gasteiger partial charge in [0.1, 0.15) is 0 Å². The van der Waals surface area contributed by atoms with Crippen LogP contribution < -0.4 is 16.4 Å². The maximum absolute atomic E-state index is 6.73. The van der Waals surface area contributed by atoms with Crippen LogP contribution in [0.2, 0.25) is 0 Å². The Morgan fingerprint density at radius 3 is 2.36 bits per heavy atom. The maximum atomic E-state index is 6.73. The van der Waals surface area contributed by atoms with Crippen molar-refractivity contribution in [3.8, 4) is 0 Å². The van der Waals surface area contributed by atoms with Gasteiger partial charge in [-0.3, -0.25) is 0 Å². The van der Waals surface area contributed by atoms with Crippen molar-refractivity contribution >= 4 is 16.5 Å². The van der Waals surface area contributed by atoms with E-state index in [0.29, 0.717) is 11.5 Å². The van der Waals surface area contributed by atoms with Gasteiger partial charge in [0, 0.05) is 30.4 Å². The number of anilines is 1. The SMILES string of the molecule is NC1CC2(C1)CC(N)(c1ccc3cc(N4CCOCC4)ccc3c1)C2. The molecule has 0 unspecified atom stereocenters. The van der Waals surface area contributed by atoms with E-state index in [1.165, 1.54) is 22.0 Å². The first-order chi connectivity index (χ1) is 12.1. The first-order valence-electron chi connectivity index (χ1n) is 9.47. The number of rotatable bonds is 2. The van der Waals surface area contributed by atoms with Crippen LogP contribution in [0.15, 0.2) is 36.4 Å². The number of hydrogen-bond donors (Lipinski definition) is 2. The zero-order chi connectivity index (χ0) is 17.1. The molecule has 0 bridgehead atoms. The molecule has 4 nitrogen and oxygen atoms in total. The fourth-order valence-corrected chi connectivity index (χ4v) is 5.39. The summed E-state index contributed by atoms with van der Waals surface area (Å²) in [5.41, 5.74) is 15.6. The molecule has 3 aliphatic rings. The molecular formula is C21H27N3O. The lowest BCUT2D eigenvalue weighted by Gasteiger charge is -2.62. The Labute approximate surface area is 149 Å². The van der Waals surface area contributed by atoms with Crippen molar-refractivity contribution in [1.29, 1.82) is 0 Å². The van der Waals surface area contributed by atoms with Crippen molar-refractivity contribution in [2.45, 2.75) is 37.3 Å². The molecule has 1 saturated heterocycles. The number of nitrogens with two attached hydrogens (primary N) is 2. The van der Waals surface area contributed by atoms with Gasteiger partial charge in [-0.2, -0.15) is 0 Å². The minimum atomic E-state index is -0.156. The van der Waals surface area contributed by atoms with Crippen molar-refractivity contribution in [2.75, 3.05) is 31.2 Å². The molecule has 1 heterocycles. The van der Waals surface area contributed by atoms with Gasteiger partial charge in [0.05, 0.1) is 13.2 Å². The van der Waals surface area contributed by atoms with E-state index in [1.54, 1.807) is 0 Å². The molecule has 1 aliphatic heterocycles. The molecule has 4 heteroatoms. The van der Waals surface area contributed by atoms with Gasteiger partial charge >= 0.3 is 0 Å². The number of hydrogen-bond acceptors (Lipinski definition) is 4. The number of ether oxygens (including phenoxy) is 1. The Balaban J connectivity index is 1.39. The summed E-state index contributed by atoms with van der Waals surface area (Å²) < 4.78 is 5.45. The topological polar surface area (TPSA) is 64.5 Å². The molecule has 2 aliphatic carbocycles. The predicted molar refractivity (Wildman–Crippen MR) is 102 cm³/mol. The number of morpholine rings is 1. The average molecular weight is 337 g/mol. The quantitative estimate of drug-likeness (QED) is 0.884. The zero-order valence-electron chi connectivity index (χ0n) is 14.7. The van der Waals surface area contributed by atoms with E-state index in [1.807, 2.05) is 0 Å². The second-order valence-corrected chi connectivity index (χ2v) is 8.52. The maximum Gasteiger partial charge on any atom is 0.0642 e. The molecule has 2 aromatic rings. The van der Waals surface area contributed by atoms with Crippen LogP contribution >= 0.6 is 0 Å². The van der Waals surface area contributed by atoms with Gasteiger partial charge in [0.25, 0.3) is 0 Å². The van der Waals surface area contributed by atoms with Gasteiger partial charge in [-0.05, 0) is 65.6 Å².